The first kappa shape index (κ1) is 19.0. The van der Waals surface area contributed by atoms with E-state index in [2.05, 4.69) is 15.1 Å². The van der Waals surface area contributed by atoms with E-state index >= 15 is 0 Å². The molecule has 4 aromatic rings. The molecular weight excluding hydrogens is 400 g/mol. The van der Waals surface area contributed by atoms with Crippen molar-refractivity contribution in [1.29, 1.82) is 0 Å². The van der Waals surface area contributed by atoms with Gasteiger partial charge in [0.05, 0.1) is 18.9 Å². The zero-order valence-corrected chi connectivity index (χ0v) is 17.1. The lowest BCUT2D eigenvalue weighted by Crippen LogP contribution is -2.39. The van der Waals surface area contributed by atoms with E-state index in [1.54, 1.807) is 24.1 Å². The number of aromatic nitrogens is 5. The van der Waals surface area contributed by atoms with Gasteiger partial charge in [0, 0.05) is 48.7 Å². The number of aryl methyl sites for hydroxylation is 1. The highest BCUT2D eigenvalue weighted by atomic mass is 16.5. The van der Waals surface area contributed by atoms with Crippen molar-refractivity contribution in [2.24, 2.45) is 7.05 Å². The maximum absolute atomic E-state index is 13.0. The van der Waals surface area contributed by atoms with Gasteiger partial charge >= 0.3 is 5.97 Å². The summed E-state index contributed by atoms with van der Waals surface area (Å²) in [5.74, 6) is -0.575. The molecule has 0 fully saturated rings. The number of benzene rings is 1. The molecule has 0 atom stereocenters. The summed E-state index contributed by atoms with van der Waals surface area (Å²) in [4.78, 5) is 46.9. The van der Waals surface area contributed by atoms with Crippen molar-refractivity contribution in [1.82, 2.24) is 29.2 Å². The van der Waals surface area contributed by atoms with Crippen molar-refractivity contribution in [2.75, 3.05) is 13.7 Å². The number of nitrogens with zero attached hydrogens (tertiary/aromatic N) is 5. The van der Waals surface area contributed by atoms with Crippen molar-refractivity contribution in [2.45, 2.75) is 19.5 Å². The molecule has 0 bridgehead atoms. The van der Waals surface area contributed by atoms with E-state index in [4.69, 9.17) is 4.74 Å². The molecule has 0 aliphatic carbocycles. The normalized spacial score (nSPS) is 13.5. The number of carbonyl (C=O) groups excluding carboxylic acids is 2. The molecule has 158 valence electrons. The molecule has 31 heavy (non-hydrogen) atoms. The Bertz CT molecular complexity index is 1410. The Hall–Kier alpha value is -3.95. The van der Waals surface area contributed by atoms with Crippen molar-refractivity contribution in [3.8, 4) is 0 Å². The Kier molecular flexibility index (Phi) is 4.35. The Morgan fingerprint density at radius 3 is 2.90 bits per heavy atom. The van der Waals surface area contributed by atoms with Crippen LogP contribution in [-0.4, -0.2) is 54.7 Å². The molecule has 1 amide bonds. The van der Waals surface area contributed by atoms with Crippen LogP contribution in [0.3, 0.4) is 0 Å². The Labute approximate surface area is 176 Å². The minimum absolute atomic E-state index is 0.0955. The number of methoxy groups -OCH3 is 1. The van der Waals surface area contributed by atoms with Gasteiger partial charge < -0.3 is 14.6 Å². The van der Waals surface area contributed by atoms with E-state index in [-0.39, 0.29) is 18.0 Å². The number of hydrogen-bond acceptors (Lipinski definition) is 6. The highest BCUT2D eigenvalue weighted by molar-refractivity contribution is 5.96. The van der Waals surface area contributed by atoms with Crippen LogP contribution in [0.15, 0.2) is 35.5 Å². The van der Waals surface area contributed by atoms with Crippen LogP contribution in [-0.2, 0) is 36.1 Å². The molecule has 0 spiro atoms. The highest BCUT2D eigenvalue weighted by Gasteiger charge is 2.25. The van der Waals surface area contributed by atoms with Gasteiger partial charge in [0.1, 0.15) is 18.3 Å². The van der Waals surface area contributed by atoms with Gasteiger partial charge in [-0.1, -0.05) is 0 Å². The Morgan fingerprint density at radius 1 is 1.26 bits per heavy atom. The predicted octanol–water partition coefficient (Wildman–Crippen LogP) is 0.983. The first-order chi connectivity index (χ1) is 15.0. The molecule has 0 unspecified atom stereocenters. The summed E-state index contributed by atoms with van der Waals surface area (Å²) in [6, 6.07) is 5.35. The minimum atomic E-state index is -0.404. The van der Waals surface area contributed by atoms with Crippen LogP contribution >= 0.6 is 0 Å². The van der Waals surface area contributed by atoms with Crippen LogP contribution in [0, 0.1) is 0 Å². The molecule has 10 heteroatoms. The molecule has 0 radical (unpaired) electrons. The van der Waals surface area contributed by atoms with Gasteiger partial charge in [-0.25, -0.2) is 9.78 Å². The van der Waals surface area contributed by atoms with E-state index in [0.717, 1.165) is 22.2 Å². The molecule has 5 rings (SSSR count). The molecule has 0 saturated heterocycles. The van der Waals surface area contributed by atoms with Crippen LogP contribution in [0.2, 0.25) is 0 Å². The molecule has 3 aromatic heterocycles. The average molecular weight is 420 g/mol. The van der Waals surface area contributed by atoms with Gasteiger partial charge in [-0.3, -0.25) is 18.8 Å². The monoisotopic (exact) mass is 420 g/mol. The van der Waals surface area contributed by atoms with Gasteiger partial charge in [-0.15, -0.1) is 0 Å². The molecular formula is C21H20N6O4. The summed E-state index contributed by atoms with van der Waals surface area (Å²) >= 11 is 0. The molecule has 0 saturated carbocycles. The molecule has 1 N–H and O–H groups in total. The third-order valence-corrected chi connectivity index (χ3v) is 5.77. The van der Waals surface area contributed by atoms with Gasteiger partial charge in [0.25, 0.3) is 5.56 Å². The minimum Gasteiger partial charge on any atom is -0.465 e. The number of amides is 1. The second-order valence-electron chi connectivity index (χ2n) is 7.58. The second-order valence-corrected chi connectivity index (χ2v) is 7.58. The van der Waals surface area contributed by atoms with Gasteiger partial charge in [-0.05, 0) is 18.2 Å². The standard InChI is InChI=1S/C21H20N6O4/c1-25-19-14(8-23-25)20(29)27(11-22-19)10-18(28)26-6-5-17-15(9-26)13-7-12(21(30)31-2)3-4-16(13)24-17/h3-4,7-8,11,24H,5-6,9-10H2,1-2H3. The fourth-order valence-corrected chi connectivity index (χ4v) is 4.10. The number of H-pyrrole nitrogens is 1. The molecule has 1 aliphatic rings. The fraction of sp³-hybridized carbons (Fsp3) is 0.286. The number of fused-ring (bicyclic) bond motifs is 4. The lowest BCUT2D eigenvalue weighted by molar-refractivity contribution is -0.132. The van der Waals surface area contributed by atoms with Gasteiger partial charge in [-0.2, -0.15) is 5.10 Å². The van der Waals surface area contributed by atoms with Crippen LogP contribution in [0.1, 0.15) is 21.6 Å². The third-order valence-electron chi connectivity index (χ3n) is 5.77. The average Bonchev–Trinajstić information content (AvgIpc) is 3.34. The lowest BCUT2D eigenvalue weighted by Gasteiger charge is -2.27. The number of nitrogens with one attached hydrogen (secondary N) is 1. The summed E-state index contributed by atoms with van der Waals surface area (Å²) in [6.07, 6.45) is 3.51. The number of carbonyl (C=O) groups is 2. The zero-order chi connectivity index (χ0) is 21.7. The van der Waals surface area contributed by atoms with Crippen LogP contribution < -0.4 is 5.56 Å². The summed E-state index contributed by atoms with van der Waals surface area (Å²) in [7, 11) is 3.06. The zero-order valence-electron chi connectivity index (χ0n) is 17.1. The van der Waals surface area contributed by atoms with Crippen molar-refractivity contribution in [3.63, 3.8) is 0 Å². The first-order valence-corrected chi connectivity index (χ1v) is 9.83. The Morgan fingerprint density at radius 2 is 2.10 bits per heavy atom. The number of ether oxygens (including phenoxy) is 1. The largest absolute Gasteiger partial charge is 0.465 e. The van der Waals surface area contributed by atoms with E-state index in [0.29, 0.717) is 36.1 Å². The molecule has 10 nitrogen and oxygen atoms in total. The topological polar surface area (TPSA) is 115 Å². The smallest absolute Gasteiger partial charge is 0.337 e. The summed E-state index contributed by atoms with van der Waals surface area (Å²) < 4.78 is 7.65. The lowest BCUT2D eigenvalue weighted by atomic mass is 10.0. The van der Waals surface area contributed by atoms with E-state index < -0.39 is 5.97 Å². The third kappa shape index (κ3) is 3.07. The van der Waals surface area contributed by atoms with Crippen molar-refractivity contribution < 1.29 is 14.3 Å². The van der Waals surface area contributed by atoms with E-state index in [1.807, 2.05) is 6.07 Å². The fourth-order valence-electron chi connectivity index (χ4n) is 4.10. The second kappa shape index (κ2) is 7.08. The summed E-state index contributed by atoms with van der Waals surface area (Å²) in [5.41, 5.74) is 3.60. The van der Waals surface area contributed by atoms with E-state index in [1.165, 1.54) is 28.9 Å². The number of rotatable bonds is 3. The molecule has 1 aliphatic heterocycles. The number of aromatic amines is 1. The quantitative estimate of drug-likeness (QED) is 0.494. The summed E-state index contributed by atoms with van der Waals surface area (Å²) in [6.45, 7) is 0.845. The van der Waals surface area contributed by atoms with E-state index in [9.17, 15) is 14.4 Å². The highest BCUT2D eigenvalue weighted by Crippen LogP contribution is 2.29. The molecule has 4 heterocycles. The van der Waals surface area contributed by atoms with Crippen LogP contribution in [0.5, 0.6) is 0 Å². The Balaban J connectivity index is 1.42. The van der Waals surface area contributed by atoms with Crippen molar-refractivity contribution >= 4 is 33.8 Å². The van der Waals surface area contributed by atoms with Crippen LogP contribution in [0.4, 0.5) is 0 Å². The maximum atomic E-state index is 13.0. The maximum Gasteiger partial charge on any atom is 0.337 e. The SMILES string of the molecule is COC(=O)c1ccc2[nH]c3c(c2c1)CN(C(=O)Cn1cnc2c(cnn2C)c1=O)CC3. The van der Waals surface area contributed by atoms with Gasteiger partial charge in [0.2, 0.25) is 5.91 Å². The van der Waals surface area contributed by atoms with Crippen molar-refractivity contribution in [3.05, 3.63) is 57.9 Å². The number of hydrogen-bond donors (Lipinski definition) is 1. The molecule has 1 aromatic carbocycles. The first-order valence-electron chi connectivity index (χ1n) is 9.83. The predicted molar refractivity (Wildman–Crippen MR) is 112 cm³/mol. The van der Waals surface area contributed by atoms with Gasteiger partial charge in [0.15, 0.2) is 5.65 Å². The number of esters is 1. The summed E-state index contributed by atoms with van der Waals surface area (Å²) in [5, 5.41) is 5.32. The van der Waals surface area contributed by atoms with Crippen LogP contribution in [0.25, 0.3) is 21.9 Å².